The zero-order valence-corrected chi connectivity index (χ0v) is 28.6. The van der Waals surface area contributed by atoms with Crippen molar-refractivity contribution < 1.29 is 44.1 Å². The van der Waals surface area contributed by atoms with Gasteiger partial charge in [0.05, 0.1) is 13.2 Å². The van der Waals surface area contributed by atoms with E-state index >= 15 is 0 Å². The van der Waals surface area contributed by atoms with Crippen LogP contribution in [0.1, 0.15) is 36.8 Å². The molecule has 0 aliphatic carbocycles. The molecule has 0 radical (unpaired) electrons. The van der Waals surface area contributed by atoms with E-state index < -0.39 is 78.9 Å². The Morgan fingerprint density at radius 3 is 2.13 bits per heavy atom. The quantitative estimate of drug-likeness (QED) is 0.0399. The summed E-state index contributed by atoms with van der Waals surface area (Å²) in [5.74, 6) is -4.96. The minimum Gasteiger partial charge on any atom is -0.508 e. The summed E-state index contributed by atoms with van der Waals surface area (Å²) in [7, 11) is 0. The van der Waals surface area contributed by atoms with Crippen molar-refractivity contribution in [1.29, 1.82) is 0 Å². The standard InChI is InChI=1S/C34H47N9O9/c35-23(19-44)29(47)41-25(16-21-10-12-22(45)13-11-21)32(50)43-15-5-9-27(43)31(49)39-18-28(46)40-24(8-4-14-38-34(36)37)30(48)42-26(33(51)52)17-20-6-2-1-3-7-20/h1-3,6-7,10-13,23-27,44-45H,4-5,8-9,14-19,35H2,(H,39,49)(H,40,46)(H,41,47)(H,42,48)(H,51,52)(H4,36,37,38)/t23-,24-,25-,26-,27-/m0/s1. The number of nitrogens with zero attached hydrogens (tertiary/aromatic N) is 2. The number of nitrogens with two attached hydrogens (primary N) is 3. The van der Waals surface area contributed by atoms with Crippen LogP contribution >= 0.6 is 0 Å². The van der Waals surface area contributed by atoms with Gasteiger partial charge in [-0.2, -0.15) is 0 Å². The number of hydrogen-bond donors (Lipinski definition) is 10. The van der Waals surface area contributed by atoms with Crippen LogP contribution in [-0.2, 0) is 41.6 Å². The first kappa shape index (κ1) is 40.7. The first-order chi connectivity index (χ1) is 24.8. The first-order valence-corrected chi connectivity index (χ1v) is 16.7. The van der Waals surface area contributed by atoms with Crippen LogP contribution in [0.3, 0.4) is 0 Å². The number of likely N-dealkylation sites (tertiary alicyclic amines) is 1. The van der Waals surface area contributed by atoms with Gasteiger partial charge in [0.2, 0.25) is 29.5 Å². The van der Waals surface area contributed by atoms with Crippen molar-refractivity contribution in [2.75, 3.05) is 26.2 Å². The number of hydrogen-bond acceptors (Lipinski definition) is 10. The second-order valence-corrected chi connectivity index (χ2v) is 12.3. The number of carboxylic acid groups (broad SMARTS) is 1. The third-order valence-corrected chi connectivity index (χ3v) is 8.28. The van der Waals surface area contributed by atoms with Crippen LogP contribution in [0.25, 0.3) is 0 Å². The van der Waals surface area contributed by atoms with Gasteiger partial charge in [0.25, 0.3) is 0 Å². The Hall–Kier alpha value is -5.75. The monoisotopic (exact) mass is 725 g/mol. The molecule has 0 spiro atoms. The van der Waals surface area contributed by atoms with Gasteiger partial charge in [-0.15, -0.1) is 0 Å². The Labute approximate surface area is 300 Å². The summed E-state index contributed by atoms with van der Waals surface area (Å²) >= 11 is 0. The molecule has 18 heteroatoms. The van der Waals surface area contributed by atoms with Crippen LogP contribution in [0.15, 0.2) is 59.6 Å². The van der Waals surface area contributed by atoms with Crippen molar-refractivity contribution in [3.8, 4) is 5.75 Å². The number of phenols is 1. The summed E-state index contributed by atoms with van der Waals surface area (Å²) in [6, 6.07) is 8.73. The molecule has 282 valence electrons. The molecule has 1 aliphatic rings. The topological polar surface area (TPSA) is 305 Å². The van der Waals surface area contributed by atoms with Gasteiger partial charge in [-0.25, -0.2) is 4.79 Å². The third-order valence-electron chi connectivity index (χ3n) is 8.28. The average molecular weight is 726 g/mol. The zero-order valence-electron chi connectivity index (χ0n) is 28.6. The van der Waals surface area contributed by atoms with Crippen molar-refractivity contribution in [1.82, 2.24) is 26.2 Å². The molecule has 0 bridgehead atoms. The SMILES string of the molecule is NC(N)=NCCC[C@H](NC(=O)CNC(=O)[C@@H]1CCCN1C(=O)[C@H](Cc1ccc(O)cc1)NC(=O)[C@@H](N)CO)C(=O)N[C@@H](Cc1ccccc1)C(=O)O. The molecule has 2 aromatic carbocycles. The van der Waals surface area contributed by atoms with Crippen molar-refractivity contribution >= 4 is 41.5 Å². The van der Waals surface area contributed by atoms with Crippen molar-refractivity contribution in [3.63, 3.8) is 0 Å². The normalized spacial score (nSPS) is 16.0. The number of phenolic OH excluding ortho intramolecular Hbond substituents is 1. The van der Waals surface area contributed by atoms with E-state index in [1.165, 1.54) is 17.0 Å². The number of amides is 5. The summed E-state index contributed by atoms with van der Waals surface area (Å²) < 4.78 is 0. The van der Waals surface area contributed by atoms with Crippen molar-refractivity contribution in [3.05, 3.63) is 65.7 Å². The Bertz CT molecular complexity index is 1570. The van der Waals surface area contributed by atoms with Crippen LogP contribution in [0, 0.1) is 0 Å². The number of carboxylic acids is 1. The summed E-state index contributed by atoms with van der Waals surface area (Å²) in [5.41, 5.74) is 17.7. The van der Waals surface area contributed by atoms with E-state index in [1.807, 2.05) is 0 Å². The van der Waals surface area contributed by atoms with Crippen molar-refractivity contribution in [2.24, 2.45) is 22.2 Å². The highest BCUT2D eigenvalue weighted by molar-refractivity contribution is 5.95. The van der Waals surface area contributed by atoms with Gasteiger partial charge in [-0.1, -0.05) is 42.5 Å². The Morgan fingerprint density at radius 1 is 0.865 bits per heavy atom. The summed E-state index contributed by atoms with van der Waals surface area (Å²) in [6.07, 6.45) is 1.01. The molecule has 0 unspecified atom stereocenters. The summed E-state index contributed by atoms with van der Waals surface area (Å²) in [4.78, 5) is 83.0. The lowest BCUT2D eigenvalue weighted by Crippen LogP contribution is -2.57. The predicted molar refractivity (Wildman–Crippen MR) is 188 cm³/mol. The van der Waals surface area contributed by atoms with Crippen LogP contribution in [0.2, 0.25) is 0 Å². The van der Waals surface area contributed by atoms with Crippen LogP contribution in [0.4, 0.5) is 0 Å². The van der Waals surface area contributed by atoms with E-state index in [9.17, 15) is 44.1 Å². The molecule has 52 heavy (non-hydrogen) atoms. The molecule has 2 aromatic rings. The number of rotatable bonds is 19. The minimum atomic E-state index is -1.29. The molecule has 13 N–H and O–H groups in total. The molecular formula is C34H47N9O9. The van der Waals surface area contributed by atoms with Gasteiger partial charge >= 0.3 is 5.97 Å². The van der Waals surface area contributed by atoms with Gasteiger partial charge in [0.15, 0.2) is 5.96 Å². The molecule has 3 rings (SSSR count). The number of carbonyl (C=O) groups excluding carboxylic acids is 5. The highest BCUT2D eigenvalue weighted by Crippen LogP contribution is 2.20. The van der Waals surface area contributed by atoms with Gasteiger partial charge in [0.1, 0.15) is 36.0 Å². The fourth-order valence-corrected chi connectivity index (χ4v) is 5.56. The molecule has 1 saturated heterocycles. The first-order valence-electron chi connectivity index (χ1n) is 16.7. The fraction of sp³-hybridized carbons (Fsp3) is 0.441. The highest BCUT2D eigenvalue weighted by Gasteiger charge is 2.38. The van der Waals surface area contributed by atoms with Gasteiger partial charge in [-0.3, -0.25) is 29.0 Å². The molecule has 1 aliphatic heterocycles. The number of aliphatic hydroxyl groups excluding tert-OH is 1. The second kappa shape index (κ2) is 20.2. The molecule has 5 amide bonds. The fourth-order valence-electron chi connectivity index (χ4n) is 5.56. The minimum absolute atomic E-state index is 0.00301. The molecule has 0 saturated carbocycles. The van der Waals surface area contributed by atoms with E-state index in [0.29, 0.717) is 17.5 Å². The Kier molecular flexibility index (Phi) is 15.8. The Balaban J connectivity index is 1.67. The second-order valence-electron chi connectivity index (χ2n) is 12.3. The number of aliphatic hydroxyl groups is 1. The molecule has 1 fully saturated rings. The third kappa shape index (κ3) is 12.9. The van der Waals surface area contributed by atoms with E-state index in [0.717, 1.165) is 0 Å². The predicted octanol–water partition coefficient (Wildman–Crippen LogP) is -2.80. The van der Waals surface area contributed by atoms with Gasteiger partial charge < -0.3 is 58.7 Å². The Morgan fingerprint density at radius 2 is 1.50 bits per heavy atom. The molecular weight excluding hydrogens is 678 g/mol. The van der Waals surface area contributed by atoms with E-state index in [-0.39, 0.29) is 56.9 Å². The van der Waals surface area contributed by atoms with Crippen molar-refractivity contribution in [2.45, 2.75) is 68.7 Å². The van der Waals surface area contributed by atoms with E-state index in [4.69, 9.17) is 17.2 Å². The maximum absolute atomic E-state index is 13.7. The smallest absolute Gasteiger partial charge is 0.326 e. The average Bonchev–Trinajstić information content (AvgIpc) is 3.62. The lowest BCUT2D eigenvalue weighted by molar-refractivity contribution is -0.142. The van der Waals surface area contributed by atoms with Crippen LogP contribution in [0.5, 0.6) is 5.75 Å². The van der Waals surface area contributed by atoms with E-state index in [2.05, 4.69) is 26.3 Å². The van der Waals surface area contributed by atoms with Crippen LogP contribution in [-0.4, -0.2) is 118 Å². The summed E-state index contributed by atoms with van der Waals surface area (Å²) in [5, 5.41) is 38.8. The number of aromatic hydroxyl groups is 1. The lowest BCUT2D eigenvalue weighted by atomic mass is 10.0. The van der Waals surface area contributed by atoms with Gasteiger partial charge in [0, 0.05) is 25.9 Å². The number of aliphatic carboxylic acids is 1. The largest absolute Gasteiger partial charge is 0.508 e. The van der Waals surface area contributed by atoms with Crippen LogP contribution < -0.4 is 38.5 Å². The number of guanidine groups is 1. The molecule has 1 heterocycles. The maximum atomic E-state index is 13.7. The molecule has 5 atom stereocenters. The van der Waals surface area contributed by atoms with Gasteiger partial charge in [-0.05, 0) is 48.9 Å². The number of carbonyl (C=O) groups is 6. The molecule has 18 nitrogen and oxygen atoms in total. The number of aliphatic imine (C=N–C) groups is 1. The lowest BCUT2D eigenvalue weighted by Gasteiger charge is -2.29. The zero-order chi connectivity index (χ0) is 38.2. The maximum Gasteiger partial charge on any atom is 0.326 e. The molecule has 0 aromatic heterocycles. The number of benzene rings is 2. The summed E-state index contributed by atoms with van der Waals surface area (Å²) in [6.45, 7) is -0.907. The van der Waals surface area contributed by atoms with E-state index in [1.54, 1.807) is 42.5 Å². The highest BCUT2D eigenvalue weighted by atomic mass is 16.4. The number of nitrogens with one attached hydrogen (secondary N) is 4.